The van der Waals surface area contributed by atoms with Crippen molar-refractivity contribution < 1.29 is 13.3 Å². The third-order valence-electron chi connectivity index (χ3n) is 1.73. The van der Waals surface area contributed by atoms with Crippen molar-refractivity contribution in [2.45, 2.75) is 46.3 Å². The molecule has 0 aliphatic rings. The van der Waals surface area contributed by atoms with Crippen LogP contribution >= 0.6 is 11.8 Å². The van der Waals surface area contributed by atoms with Gasteiger partial charge in [0.15, 0.2) is 0 Å². The van der Waals surface area contributed by atoms with E-state index in [0.29, 0.717) is 19.8 Å². The second kappa shape index (κ2) is 8.32. The van der Waals surface area contributed by atoms with Gasteiger partial charge in [-0.3, -0.25) is 0 Å². The molecular weight excluding hydrogens is 252 g/mol. The average Bonchev–Trinajstić information content (AvgIpc) is 2.16. The van der Waals surface area contributed by atoms with E-state index in [2.05, 4.69) is 20.8 Å². The van der Waals surface area contributed by atoms with Crippen molar-refractivity contribution in [3.05, 3.63) is 11.1 Å². The summed E-state index contributed by atoms with van der Waals surface area (Å²) in [5.74, 6) is 0. The van der Waals surface area contributed by atoms with Crippen LogP contribution in [0.25, 0.3) is 0 Å². The molecule has 0 spiro atoms. The van der Waals surface area contributed by atoms with Crippen LogP contribution in [-0.2, 0) is 13.3 Å². The largest absolute Gasteiger partial charge is 0.530 e. The van der Waals surface area contributed by atoms with E-state index in [0.717, 1.165) is 0 Å². The molecule has 0 saturated carbocycles. The van der Waals surface area contributed by atoms with Crippen LogP contribution in [0.3, 0.4) is 0 Å². The van der Waals surface area contributed by atoms with Crippen LogP contribution in [0.15, 0.2) is 11.1 Å². The van der Waals surface area contributed by atoms with E-state index in [9.17, 15) is 0 Å². The summed E-state index contributed by atoms with van der Waals surface area (Å²) in [6, 6.07) is 0. The molecule has 0 unspecified atom stereocenters. The second-order valence-corrected chi connectivity index (χ2v) is 8.57. The zero-order valence-corrected chi connectivity index (χ0v) is 13.7. The van der Waals surface area contributed by atoms with Gasteiger partial charge in [-0.1, -0.05) is 20.8 Å². The molecule has 0 heterocycles. The molecule has 0 aromatic heterocycles. The van der Waals surface area contributed by atoms with Crippen LogP contribution in [0.1, 0.15) is 41.5 Å². The van der Waals surface area contributed by atoms with Gasteiger partial charge in [0.25, 0.3) is 0 Å². The molecule has 102 valence electrons. The SMILES string of the molecule is CCO[Si](/C=C\SC(C)(C)C)(OCC)OCC. The third kappa shape index (κ3) is 7.99. The highest BCUT2D eigenvalue weighted by atomic mass is 32.2. The lowest BCUT2D eigenvalue weighted by molar-refractivity contribution is 0.0843. The van der Waals surface area contributed by atoms with Crippen molar-refractivity contribution in [3.63, 3.8) is 0 Å². The molecule has 0 aromatic rings. The van der Waals surface area contributed by atoms with E-state index in [1.165, 1.54) is 0 Å². The van der Waals surface area contributed by atoms with Crippen LogP contribution in [-0.4, -0.2) is 33.4 Å². The summed E-state index contributed by atoms with van der Waals surface area (Å²) in [4.78, 5) is 0. The van der Waals surface area contributed by atoms with E-state index in [1.54, 1.807) is 11.8 Å². The summed E-state index contributed by atoms with van der Waals surface area (Å²) in [6.07, 6.45) is 0. The van der Waals surface area contributed by atoms with Gasteiger partial charge in [0, 0.05) is 24.6 Å². The molecule has 0 radical (unpaired) electrons. The Bertz CT molecular complexity index is 209. The Morgan fingerprint density at radius 2 is 1.35 bits per heavy atom. The quantitative estimate of drug-likeness (QED) is 0.634. The van der Waals surface area contributed by atoms with Crippen molar-refractivity contribution in [1.82, 2.24) is 0 Å². The molecular formula is C12H26O3SSi. The van der Waals surface area contributed by atoms with Crippen LogP contribution in [0.5, 0.6) is 0 Å². The minimum absolute atomic E-state index is 0.196. The first-order valence-electron chi connectivity index (χ1n) is 6.16. The molecule has 0 bridgehead atoms. The van der Waals surface area contributed by atoms with E-state index in [4.69, 9.17) is 13.3 Å². The molecule has 5 heteroatoms. The fourth-order valence-corrected chi connectivity index (χ4v) is 4.29. The molecule has 0 aliphatic heterocycles. The fraction of sp³-hybridized carbons (Fsp3) is 0.833. The fourth-order valence-electron chi connectivity index (χ4n) is 1.19. The summed E-state index contributed by atoms with van der Waals surface area (Å²) in [5.41, 5.74) is 1.99. The zero-order chi connectivity index (χ0) is 13.4. The first-order valence-corrected chi connectivity index (χ1v) is 8.84. The maximum atomic E-state index is 5.72. The Morgan fingerprint density at radius 1 is 0.941 bits per heavy atom. The van der Waals surface area contributed by atoms with Crippen LogP contribution < -0.4 is 0 Å². The van der Waals surface area contributed by atoms with Gasteiger partial charge < -0.3 is 13.3 Å². The van der Waals surface area contributed by atoms with Gasteiger partial charge in [0.2, 0.25) is 0 Å². The molecule has 0 saturated heterocycles. The average molecular weight is 278 g/mol. The molecule has 0 atom stereocenters. The predicted octanol–water partition coefficient (Wildman–Crippen LogP) is 3.62. The molecule has 0 amide bonds. The maximum Gasteiger partial charge on any atom is 0.530 e. The molecule has 3 nitrogen and oxygen atoms in total. The molecule has 0 fully saturated rings. The van der Waals surface area contributed by atoms with Crippen LogP contribution in [0, 0.1) is 0 Å². The Hall–Kier alpha value is 0.187. The maximum absolute atomic E-state index is 5.72. The van der Waals surface area contributed by atoms with E-state index in [-0.39, 0.29) is 4.75 Å². The minimum atomic E-state index is -2.60. The number of hydrogen-bond acceptors (Lipinski definition) is 4. The van der Waals surface area contributed by atoms with Crippen molar-refractivity contribution in [2.24, 2.45) is 0 Å². The second-order valence-electron chi connectivity index (χ2n) is 4.44. The zero-order valence-electron chi connectivity index (χ0n) is 11.9. The first-order chi connectivity index (χ1) is 7.89. The Balaban J connectivity index is 4.63. The predicted molar refractivity (Wildman–Crippen MR) is 77.1 cm³/mol. The number of rotatable bonds is 8. The highest BCUT2D eigenvalue weighted by Crippen LogP contribution is 2.25. The summed E-state index contributed by atoms with van der Waals surface area (Å²) in [6.45, 7) is 14.2. The van der Waals surface area contributed by atoms with E-state index >= 15 is 0 Å². The Labute approximate surface area is 111 Å². The van der Waals surface area contributed by atoms with Gasteiger partial charge in [-0.15, -0.1) is 11.8 Å². The number of hydrogen-bond donors (Lipinski definition) is 0. The standard InChI is InChI=1S/C12H26O3SSi/c1-7-13-17(14-8-2,15-9-3)11-10-16-12(4,5)6/h10-11H,7-9H2,1-6H3/b11-10-. The van der Waals surface area contributed by atoms with Crippen LogP contribution in [0.4, 0.5) is 0 Å². The minimum Gasteiger partial charge on any atom is -0.371 e. The van der Waals surface area contributed by atoms with Gasteiger partial charge in [-0.05, 0) is 31.9 Å². The molecule has 0 rings (SSSR count). The van der Waals surface area contributed by atoms with Gasteiger partial charge in [0.1, 0.15) is 0 Å². The van der Waals surface area contributed by atoms with E-state index < -0.39 is 8.80 Å². The summed E-state index contributed by atoms with van der Waals surface area (Å²) >= 11 is 1.75. The Kier molecular flexibility index (Phi) is 8.41. The van der Waals surface area contributed by atoms with Crippen molar-refractivity contribution >= 4 is 20.6 Å². The highest BCUT2D eigenvalue weighted by molar-refractivity contribution is 8.03. The smallest absolute Gasteiger partial charge is 0.371 e. The molecule has 17 heavy (non-hydrogen) atoms. The highest BCUT2D eigenvalue weighted by Gasteiger charge is 2.37. The monoisotopic (exact) mass is 278 g/mol. The van der Waals surface area contributed by atoms with Crippen molar-refractivity contribution in [2.75, 3.05) is 19.8 Å². The summed E-state index contributed by atoms with van der Waals surface area (Å²) in [5, 5.41) is 2.05. The van der Waals surface area contributed by atoms with Crippen molar-refractivity contribution in [1.29, 1.82) is 0 Å². The van der Waals surface area contributed by atoms with Gasteiger partial charge in [-0.2, -0.15) is 0 Å². The van der Waals surface area contributed by atoms with Gasteiger partial charge in [0.05, 0.1) is 0 Å². The first kappa shape index (κ1) is 17.2. The molecule has 0 aliphatic carbocycles. The van der Waals surface area contributed by atoms with E-state index in [1.807, 2.05) is 31.9 Å². The summed E-state index contributed by atoms with van der Waals surface area (Å²) in [7, 11) is -2.60. The lowest BCUT2D eigenvalue weighted by Crippen LogP contribution is -2.44. The molecule has 0 N–H and O–H groups in total. The molecule has 0 aromatic carbocycles. The third-order valence-corrected chi connectivity index (χ3v) is 5.60. The normalized spacial score (nSPS) is 13.5. The summed E-state index contributed by atoms with van der Waals surface area (Å²) < 4.78 is 17.4. The number of thioether (sulfide) groups is 1. The van der Waals surface area contributed by atoms with Gasteiger partial charge in [-0.25, -0.2) is 0 Å². The Morgan fingerprint density at radius 3 is 1.65 bits per heavy atom. The van der Waals surface area contributed by atoms with Gasteiger partial charge >= 0.3 is 8.80 Å². The van der Waals surface area contributed by atoms with Crippen LogP contribution in [0.2, 0.25) is 0 Å². The van der Waals surface area contributed by atoms with Crippen molar-refractivity contribution in [3.8, 4) is 0 Å². The topological polar surface area (TPSA) is 27.7 Å². The lowest BCUT2D eigenvalue weighted by atomic mass is 10.3. The lowest BCUT2D eigenvalue weighted by Gasteiger charge is -2.25.